The van der Waals surface area contributed by atoms with Crippen molar-refractivity contribution in [2.45, 2.75) is 38.1 Å². The van der Waals surface area contributed by atoms with E-state index < -0.39 is 5.41 Å². The number of aromatic amines is 1. The number of amides is 3. The Kier molecular flexibility index (Phi) is 7.24. The predicted molar refractivity (Wildman–Crippen MR) is 128 cm³/mol. The average molecular weight is 476 g/mol. The number of nitrogens with zero attached hydrogens (tertiary/aromatic N) is 4. The number of carbonyl (C=O) groups excluding carboxylic acids is 3. The summed E-state index contributed by atoms with van der Waals surface area (Å²) in [7, 11) is 1.68. The highest BCUT2D eigenvalue weighted by molar-refractivity contribution is 6.10. The second-order valence-electron chi connectivity index (χ2n) is 8.84. The highest BCUT2D eigenvalue weighted by Crippen LogP contribution is 2.40. The van der Waals surface area contributed by atoms with Crippen LogP contribution in [0.2, 0.25) is 0 Å². The molecule has 1 aliphatic heterocycles. The van der Waals surface area contributed by atoms with Crippen LogP contribution in [0.1, 0.15) is 36.2 Å². The number of benzene rings is 1. The minimum Gasteiger partial charge on any atom is -0.492 e. The van der Waals surface area contributed by atoms with Gasteiger partial charge < -0.3 is 9.64 Å². The number of hydrogen-bond acceptors (Lipinski definition) is 6. The van der Waals surface area contributed by atoms with Crippen molar-refractivity contribution in [1.29, 1.82) is 0 Å². The molecular formula is C26H29N5O4. The quantitative estimate of drug-likeness (QED) is 0.357. The molecule has 1 saturated heterocycles. The monoisotopic (exact) mass is 475 g/mol. The normalized spacial score (nSPS) is 17.6. The molecule has 0 radical (unpaired) electrons. The number of ether oxygens (including phenoxy) is 1. The second-order valence-corrected chi connectivity index (χ2v) is 8.84. The Bertz CT molecular complexity index is 1180. The molecule has 9 nitrogen and oxygen atoms in total. The van der Waals surface area contributed by atoms with Gasteiger partial charge in [-0.1, -0.05) is 30.3 Å². The third-order valence-corrected chi connectivity index (χ3v) is 6.20. The highest BCUT2D eigenvalue weighted by atomic mass is 16.5. The Morgan fingerprint density at radius 2 is 2.00 bits per heavy atom. The van der Waals surface area contributed by atoms with Crippen molar-refractivity contribution in [2.24, 2.45) is 0 Å². The maximum absolute atomic E-state index is 13.7. The molecule has 0 bridgehead atoms. The minimum atomic E-state index is -1.23. The molecule has 3 aromatic rings. The molecule has 182 valence electrons. The van der Waals surface area contributed by atoms with Crippen molar-refractivity contribution >= 4 is 17.7 Å². The third-order valence-electron chi connectivity index (χ3n) is 6.20. The first kappa shape index (κ1) is 24.1. The molecule has 1 unspecified atom stereocenters. The lowest BCUT2D eigenvalue weighted by Gasteiger charge is -2.29. The van der Waals surface area contributed by atoms with Crippen LogP contribution in [0, 0.1) is 6.92 Å². The van der Waals surface area contributed by atoms with Crippen LogP contribution in [0.4, 0.5) is 0 Å². The van der Waals surface area contributed by atoms with Crippen molar-refractivity contribution in [3.8, 4) is 5.75 Å². The summed E-state index contributed by atoms with van der Waals surface area (Å²) in [6.07, 6.45) is 3.61. The van der Waals surface area contributed by atoms with Crippen LogP contribution in [-0.4, -0.2) is 62.9 Å². The zero-order chi connectivity index (χ0) is 24.8. The maximum Gasteiger partial charge on any atom is 0.240 e. The van der Waals surface area contributed by atoms with Gasteiger partial charge in [0.2, 0.25) is 17.7 Å². The molecule has 3 heterocycles. The molecular weight excluding hydrogens is 446 g/mol. The van der Waals surface area contributed by atoms with Gasteiger partial charge in [0.25, 0.3) is 0 Å². The Balaban J connectivity index is 1.47. The Morgan fingerprint density at radius 1 is 1.20 bits per heavy atom. The van der Waals surface area contributed by atoms with E-state index in [1.807, 2.05) is 43.3 Å². The number of carbonyl (C=O) groups is 3. The lowest BCUT2D eigenvalue weighted by Crippen LogP contribution is -2.43. The summed E-state index contributed by atoms with van der Waals surface area (Å²) in [5, 5.41) is 7.05. The predicted octanol–water partition coefficient (Wildman–Crippen LogP) is 2.63. The van der Waals surface area contributed by atoms with E-state index in [0.717, 1.165) is 11.4 Å². The fourth-order valence-electron chi connectivity index (χ4n) is 4.37. The van der Waals surface area contributed by atoms with Crippen LogP contribution in [0.25, 0.3) is 0 Å². The molecule has 4 rings (SSSR count). The van der Waals surface area contributed by atoms with Gasteiger partial charge in [0, 0.05) is 38.3 Å². The standard InChI is InChI=1S/C26H29N5O4/c1-19-14-21(29-28-19)18-30(2)23(32)15-26(20-8-4-3-5-9-20)16-24(33)31(25(26)34)12-7-13-35-22-10-6-11-27-17-22/h3-6,8-11,14,17H,7,12-13,15-16,18H2,1-2H3,(H,28,29). The van der Waals surface area contributed by atoms with Gasteiger partial charge in [-0.05, 0) is 37.1 Å². The van der Waals surface area contributed by atoms with Gasteiger partial charge in [-0.25, -0.2) is 0 Å². The van der Waals surface area contributed by atoms with Gasteiger partial charge in [-0.2, -0.15) is 5.10 Å². The minimum absolute atomic E-state index is 0.0413. The average Bonchev–Trinajstić information content (AvgIpc) is 3.38. The van der Waals surface area contributed by atoms with Crippen molar-refractivity contribution in [3.05, 3.63) is 77.9 Å². The first-order chi connectivity index (χ1) is 16.9. The molecule has 35 heavy (non-hydrogen) atoms. The van der Waals surface area contributed by atoms with Crippen molar-refractivity contribution in [1.82, 2.24) is 25.0 Å². The molecule has 2 aromatic heterocycles. The smallest absolute Gasteiger partial charge is 0.240 e. The fraction of sp³-hybridized carbons (Fsp3) is 0.346. The molecule has 3 amide bonds. The number of H-pyrrole nitrogens is 1. The first-order valence-corrected chi connectivity index (χ1v) is 11.6. The maximum atomic E-state index is 13.7. The zero-order valence-electron chi connectivity index (χ0n) is 19.9. The number of pyridine rings is 1. The van der Waals surface area contributed by atoms with Gasteiger partial charge in [0.05, 0.1) is 30.5 Å². The Hall–Kier alpha value is -4.01. The van der Waals surface area contributed by atoms with Crippen LogP contribution in [0.3, 0.4) is 0 Å². The summed E-state index contributed by atoms with van der Waals surface area (Å²) < 4.78 is 5.65. The lowest BCUT2D eigenvalue weighted by atomic mass is 9.75. The summed E-state index contributed by atoms with van der Waals surface area (Å²) >= 11 is 0. The number of imide groups is 1. The molecule has 1 N–H and O–H groups in total. The second kappa shape index (κ2) is 10.5. The molecule has 1 atom stereocenters. The van der Waals surface area contributed by atoms with Crippen LogP contribution in [0.5, 0.6) is 5.75 Å². The zero-order valence-corrected chi connectivity index (χ0v) is 19.9. The SMILES string of the molecule is Cc1cc(CN(C)C(=O)CC2(c3ccccc3)CC(=O)N(CCCOc3cccnc3)C2=O)n[nH]1. The summed E-state index contributed by atoms with van der Waals surface area (Å²) in [4.78, 5) is 46.7. The van der Waals surface area contributed by atoms with Crippen molar-refractivity contribution in [2.75, 3.05) is 20.2 Å². The summed E-state index contributed by atoms with van der Waals surface area (Å²) in [6, 6.07) is 14.6. The molecule has 0 aliphatic carbocycles. The van der Waals surface area contributed by atoms with Gasteiger partial charge in [-0.15, -0.1) is 0 Å². The van der Waals surface area contributed by atoms with E-state index in [2.05, 4.69) is 15.2 Å². The topological polar surface area (TPSA) is 108 Å². The fourth-order valence-corrected chi connectivity index (χ4v) is 4.37. The number of aromatic nitrogens is 3. The van der Waals surface area contributed by atoms with E-state index in [4.69, 9.17) is 4.74 Å². The number of aryl methyl sites for hydroxylation is 1. The number of rotatable bonds is 10. The molecule has 1 fully saturated rings. The van der Waals surface area contributed by atoms with Gasteiger partial charge in [0.1, 0.15) is 5.75 Å². The Labute approximate surface area is 204 Å². The van der Waals surface area contributed by atoms with Gasteiger partial charge in [-0.3, -0.25) is 29.4 Å². The van der Waals surface area contributed by atoms with E-state index in [9.17, 15) is 14.4 Å². The van der Waals surface area contributed by atoms with E-state index in [0.29, 0.717) is 30.9 Å². The Morgan fingerprint density at radius 3 is 2.69 bits per heavy atom. The van der Waals surface area contributed by atoms with Gasteiger partial charge in [0.15, 0.2) is 0 Å². The third kappa shape index (κ3) is 5.40. The highest BCUT2D eigenvalue weighted by Gasteiger charge is 2.53. The number of hydrogen-bond donors (Lipinski definition) is 1. The molecule has 0 saturated carbocycles. The molecule has 0 spiro atoms. The van der Waals surface area contributed by atoms with Gasteiger partial charge >= 0.3 is 0 Å². The molecule has 1 aliphatic rings. The number of likely N-dealkylation sites (tertiary alicyclic amines) is 1. The summed E-state index contributed by atoms with van der Waals surface area (Å²) in [5.41, 5.74) is 1.08. The van der Waals surface area contributed by atoms with E-state index >= 15 is 0 Å². The number of nitrogens with one attached hydrogen (secondary N) is 1. The summed E-state index contributed by atoms with van der Waals surface area (Å²) in [5.74, 6) is -0.214. The van der Waals surface area contributed by atoms with Crippen LogP contribution >= 0.6 is 0 Å². The van der Waals surface area contributed by atoms with Crippen molar-refractivity contribution < 1.29 is 19.1 Å². The molecule has 1 aromatic carbocycles. The van der Waals surface area contributed by atoms with Crippen LogP contribution in [-0.2, 0) is 26.3 Å². The van der Waals surface area contributed by atoms with E-state index in [1.54, 1.807) is 36.5 Å². The first-order valence-electron chi connectivity index (χ1n) is 11.6. The van der Waals surface area contributed by atoms with Crippen LogP contribution in [0.15, 0.2) is 60.9 Å². The van der Waals surface area contributed by atoms with E-state index in [-0.39, 0.29) is 37.1 Å². The largest absolute Gasteiger partial charge is 0.492 e. The molecule has 9 heteroatoms. The van der Waals surface area contributed by atoms with E-state index in [1.165, 1.54) is 4.90 Å². The summed E-state index contributed by atoms with van der Waals surface area (Å²) in [6.45, 7) is 2.77. The lowest BCUT2D eigenvalue weighted by molar-refractivity contribution is -0.142. The van der Waals surface area contributed by atoms with Crippen LogP contribution < -0.4 is 4.74 Å². The van der Waals surface area contributed by atoms with Crippen molar-refractivity contribution in [3.63, 3.8) is 0 Å².